The highest BCUT2D eigenvalue weighted by Crippen LogP contribution is 2.25. The number of nitrogens with one attached hydrogen (secondary N) is 1. The number of benzene rings is 1. The van der Waals surface area contributed by atoms with E-state index in [0.29, 0.717) is 16.7 Å². The molecule has 0 aliphatic rings. The van der Waals surface area contributed by atoms with Crippen molar-refractivity contribution in [3.05, 3.63) is 41.8 Å². The Morgan fingerprint density at radius 1 is 1.27 bits per heavy atom. The van der Waals surface area contributed by atoms with E-state index in [1.807, 2.05) is 17.5 Å². The molecule has 136 valence electrons. The average Bonchev–Trinajstić information content (AvgIpc) is 3.22. The third kappa shape index (κ3) is 4.22. The first-order valence-electron chi connectivity index (χ1n) is 7.14. The predicted octanol–water partition coefficient (Wildman–Crippen LogP) is 1.10. The number of sulfonamides is 1. The fourth-order valence-electron chi connectivity index (χ4n) is 2.03. The molecule has 12 heteroatoms. The number of thiophene rings is 1. The first-order valence-corrected chi connectivity index (χ1v) is 10.6. The van der Waals surface area contributed by atoms with Gasteiger partial charge in [-0.3, -0.25) is 4.79 Å². The van der Waals surface area contributed by atoms with Crippen LogP contribution in [0, 0.1) is 0 Å². The van der Waals surface area contributed by atoms with Gasteiger partial charge in [0.1, 0.15) is 0 Å². The molecule has 2 aromatic heterocycles. The van der Waals surface area contributed by atoms with E-state index in [0.717, 1.165) is 16.6 Å². The number of carbonyl (C=O) groups is 1. The van der Waals surface area contributed by atoms with Crippen molar-refractivity contribution in [2.75, 3.05) is 16.9 Å². The highest BCUT2D eigenvalue weighted by atomic mass is 32.2. The largest absolute Gasteiger partial charge is 0.335 e. The predicted molar refractivity (Wildman–Crippen MR) is 101 cm³/mol. The molecule has 3 rings (SSSR count). The SMILES string of the molecule is Nn1c(SCC(=O)Nc2cccc(S(N)(=O)=O)c2)nnc1-c1cccs1. The van der Waals surface area contributed by atoms with Gasteiger partial charge >= 0.3 is 0 Å². The van der Waals surface area contributed by atoms with Crippen LogP contribution in [0.1, 0.15) is 0 Å². The number of hydrogen-bond acceptors (Lipinski definition) is 8. The average molecular weight is 411 g/mol. The third-order valence-electron chi connectivity index (χ3n) is 3.18. The molecule has 0 spiro atoms. The number of carbonyl (C=O) groups excluding carboxylic acids is 1. The minimum atomic E-state index is -3.83. The smallest absolute Gasteiger partial charge is 0.238 e. The molecule has 0 atom stereocenters. The maximum absolute atomic E-state index is 12.1. The maximum Gasteiger partial charge on any atom is 0.238 e. The van der Waals surface area contributed by atoms with Crippen LogP contribution >= 0.6 is 23.1 Å². The minimum absolute atomic E-state index is 0.0272. The fraction of sp³-hybridized carbons (Fsp3) is 0.0714. The van der Waals surface area contributed by atoms with Crippen molar-refractivity contribution in [3.63, 3.8) is 0 Å². The van der Waals surface area contributed by atoms with Crippen LogP contribution in [0.2, 0.25) is 0 Å². The van der Waals surface area contributed by atoms with Crippen LogP contribution in [0.3, 0.4) is 0 Å². The van der Waals surface area contributed by atoms with Crippen LogP contribution in [0.25, 0.3) is 10.7 Å². The van der Waals surface area contributed by atoms with Crippen molar-refractivity contribution in [2.45, 2.75) is 10.1 Å². The van der Waals surface area contributed by atoms with Crippen LogP contribution in [0.4, 0.5) is 5.69 Å². The van der Waals surface area contributed by atoms with Gasteiger partial charge in [-0.1, -0.05) is 23.9 Å². The number of thioether (sulfide) groups is 1. The van der Waals surface area contributed by atoms with Gasteiger partial charge in [0.15, 0.2) is 5.82 Å². The van der Waals surface area contributed by atoms with Crippen molar-refractivity contribution in [2.24, 2.45) is 5.14 Å². The summed E-state index contributed by atoms with van der Waals surface area (Å²) in [5, 5.41) is 18.0. The Hall–Kier alpha value is -2.41. The summed E-state index contributed by atoms with van der Waals surface area (Å²) in [6, 6.07) is 9.45. The maximum atomic E-state index is 12.1. The van der Waals surface area contributed by atoms with Crippen molar-refractivity contribution < 1.29 is 13.2 Å². The topological polar surface area (TPSA) is 146 Å². The Bertz CT molecular complexity index is 1030. The van der Waals surface area contributed by atoms with Crippen LogP contribution < -0.4 is 16.3 Å². The number of primary sulfonamides is 1. The number of anilines is 1. The van der Waals surface area contributed by atoms with Gasteiger partial charge in [-0.2, -0.15) is 0 Å². The van der Waals surface area contributed by atoms with E-state index in [1.165, 1.54) is 34.2 Å². The number of nitrogen functional groups attached to an aromatic ring is 1. The molecule has 0 unspecified atom stereocenters. The molecular weight excluding hydrogens is 396 g/mol. The summed E-state index contributed by atoms with van der Waals surface area (Å²) in [5.41, 5.74) is 0.329. The van der Waals surface area contributed by atoms with E-state index < -0.39 is 10.0 Å². The lowest BCUT2D eigenvalue weighted by molar-refractivity contribution is -0.113. The minimum Gasteiger partial charge on any atom is -0.335 e. The zero-order valence-electron chi connectivity index (χ0n) is 13.2. The molecule has 5 N–H and O–H groups in total. The van der Waals surface area contributed by atoms with E-state index in [9.17, 15) is 13.2 Å². The first kappa shape index (κ1) is 18.4. The van der Waals surface area contributed by atoms with E-state index in [-0.39, 0.29) is 16.6 Å². The van der Waals surface area contributed by atoms with Gasteiger partial charge in [0.05, 0.1) is 15.5 Å². The zero-order valence-corrected chi connectivity index (χ0v) is 15.6. The number of hydrogen-bond donors (Lipinski definition) is 3. The van der Waals surface area contributed by atoms with E-state index >= 15 is 0 Å². The van der Waals surface area contributed by atoms with E-state index in [2.05, 4.69) is 15.5 Å². The Kier molecular flexibility index (Phi) is 5.27. The van der Waals surface area contributed by atoms with Gasteiger partial charge in [0, 0.05) is 5.69 Å². The number of aromatic nitrogens is 3. The number of nitrogens with zero attached hydrogens (tertiary/aromatic N) is 3. The summed E-state index contributed by atoms with van der Waals surface area (Å²) >= 11 is 2.60. The lowest BCUT2D eigenvalue weighted by Gasteiger charge is -2.06. The molecule has 0 bridgehead atoms. The molecule has 0 fully saturated rings. The van der Waals surface area contributed by atoms with Crippen molar-refractivity contribution in [1.29, 1.82) is 0 Å². The van der Waals surface area contributed by atoms with Gasteiger partial charge in [0.2, 0.25) is 21.1 Å². The van der Waals surface area contributed by atoms with Crippen molar-refractivity contribution in [3.8, 4) is 10.7 Å². The van der Waals surface area contributed by atoms with Crippen molar-refractivity contribution in [1.82, 2.24) is 14.9 Å². The van der Waals surface area contributed by atoms with Gasteiger partial charge < -0.3 is 11.2 Å². The van der Waals surface area contributed by atoms with Gasteiger partial charge in [-0.05, 0) is 29.6 Å². The highest BCUT2D eigenvalue weighted by Gasteiger charge is 2.15. The molecule has 0 aliphatic heterocycles. The van der Waals surface area contributed by atoms with Gasteiger partial charge in [-0.25, -0.2) is 18.2 Å². The van der Waals surface area contributed by atoms with Gasteiger partial charge in [-0.15, -0.1) is 21.5 Å². The molecule has 0 saturated carbocycles. The summed E-state index contributed by atoms with van der Waals surface area (Å²) < 4.78 is 24.0. The lowest BCUT2D eigenvalue weighted by atomic mass is 10.3. The highest BCUT2D eigenvalue weighted by molar-refractivity contribution is 7.99. The Morgan fingerprint density at radius 3 is 2.77 bits per heavy atom. The zero-order chi connectivity index (χ0) is 18.7. The Balaban J connectivity index is 1.63. The van der Waals surface area contributed by atoms with Crippen LogP contribution in [0.5, 0.6) is 0 Å². The second-order valence-corrected chi connectivity index (χ2v) is 8.51. The number of nitrogens with two attached hydrogens (primary N) is 2. The molecular formula is C14H14N6O3S3. The van der Waals surface area contributed by atoms with E-state index in [4.69, 9.17) is 11.0 Å². The molecule has 1 amide bonds. The lowest BCUT2D eigenvalue weighted by Crippen LogP contribution is -2.17. The Morgan fingerprint density at radius 2 is 2.08 bits per heavy atom. The van der Waals surface area contributed by atoms with E-state index in [1.54, 1.807) is 6.07 Å². The standard InChI is InChI=1S/C14H14N6O3S3/c15-20-13(11-5-2-6-24-11)18-19-14(20)25-8-12(21)17-9-3-1-4-10(7-9)26(16,22)23/h1-7H,8,15H2,(H,17,21)(H2,16,22,23). The number of amides is 1. The number of rotatable bonds is 6. The summed E-state index contributed by atoms with van der Waals surface area (Å²) in [5.74, 6) is 6.17. The Labute approximate surface area is 157 Å². The normalized spacial score (nSPS) is 11.4. The van der Waals surface area contributed by atoms with Gasteiger partial charge in [0.25, 0.3) is 0 Å². The molecule has 26 heavy (non-hydrogen) atoms. The molecule has 3 aromatic rings. The molecule has 9 nitrogen and oxygen atoms in total. The molecule has 0 saturated heterocycles. The van der Waals surface area contributed by atoms with Crippen molar-refractivity contribution >= 4 is 44.7 Å². The molecule has 0 aliphatic carbocycles. The van der Waals surface area contributed by atoms with Crippen LogP contribution in [0.15, 0.2) is 51.8 Å². The summed E-state index contributed by atoms with van der Waals surface area (Å²) in [6.45, 7) is 0. The third-order valence-corrected chi connectivity index (χ3v) is 5.90. The summed E-state index contributed by atoms with van der Waals surface area (Å²) in [6.07, 6.45) is 0. The monoisotopic (exact) mass is 410 g/mol. The fourth-order valence-corrected chi connectivity index (χ4v) is 3.95. The molecule has 0 radical (unpaired) electrons. The molecule has 2 heterocycles. The second-order valence-electron chi connectivity index (χ2n) is 5.06. The first-order chi connectivity index (χ1) is 12.3. The summed E-state index contributed by atoms with van der Waals surface area (Å²) in [7, 11) is -3.83. The quantitative estimate of drug-likeness (QED) is 0.407. The van der Waals surface area contributed by atoms with Crippen LogP contribution in [-0.2, 0) is 14.8 Å². The van der Waals surface area contributed by atoms with Crippen LogP contribution in [-0.4, -0.2) is 35.0 Å². The molecule has 1 aromatic carbocycles. The summed E-state index contributed by atoms with van der Waals surface area (Å²) in [4.78, 5) is 12.9. The second kappa shape index (κ2) is 7.45.